The van der Waals surface area contributed by atoms with Crippen LogP contribution in [0.3, 0.4) is 0 Å². The van der Waals surface area contributed by atoms with Crippen molar-refractivity contribution in [1.82, 2.24) is 9.88 Å². The molecule has 9 heteroatoms. The number of hydrogen-bond donors (Lipinski definition) is 1. The first-order valence-electron chi connectivity index (χ1n) is 11.9. The third-order valence-electron chi connectivity index (χ3n) is 6.46. The number of halogens is 6. The van der Waals surface area contributed by atoms with Crippen LogP contribution in [0, 0.1) is 11.6 Å². The van der Waals surface area contributed by atoms with Crippen LogP contribution in [0.4, 0.5) is 22.0 Å². The molecule has 0 atom stereocenters. The Morgan fingerprint density at radius 1 is 0.947 bits per heavy atom. The molecule has 0 fully saturated rings. The predicted molar refractivity (Wildman–Crippen MR) is 138 cm³/mol. The molecule has 0 unspecified atom stereocenters. The number of aromatic nitrogens is 1. The van der Waals surface area contributed by atoms with Crippen LogP contribution in [0.25, 0.3) is 10.9 Å². The maximum atomic E-state index is 15.2. The van der Waals surface area contributed by atoms with E-state index in [1.54, 1.807) is 12.3 Å². The van der Waals surface area contributed by atoms with Crippen LogP contribution in [0.15, 0.2) is 60.8 Å². The molecule has 3 aromatic carbocycles. The Balaban J connectivity index is 1.70. The monoisotopic (exact) mass is 548 g/mol. The highest BCUT2D eigenvalue weighted by molar-refractivity contribution is 6.32. The Hall–Kier alpha value is -3.39. The molecule has 4 rings (SSSR count). The summed E-state index contributed by atoms with van der Waals surface area (Å²) in [4.78, 5) is 17.9. The fourth-order valence-corrected chi connectivity index (χ4v) is 4.50. The Morgan fingerprint density at radius 2 is 1.61 bits per heavy atom. The number of H-pyrrole nitrogens is 1. The van der Waals surface area contributed by atoms with Gasteiger partial charge in [0.05, 0.1) is 16.1 Å². The molecule has 1 heterocycles. The molecular formula is C29H26ClF5N2O. The van der Waals surface area contributed by atoms with Gasteiger partial charge in [-0.25, -0.2) is 8.78 Å². The van der Waals surface area contributed by atoms with Crippen molar-refractivity contribution in [1.29, 1.82) is 0 Å². The zero-order valence-electron chi connectivity index (χ0n) is 21.0. The molecule has 0 aliphatic heterocycles. The van der Waals surface area contributed by atoms with Gasteiger partial charge in [-0.15, -0.1) is 0 Å². The summed E-state index contributed by atoms with van der Waals surface area (Å²) in [6.07, 6.45) is -3.31. The number of nitrogens with zero attached hydrogens (tertiary/aromatic N) is 1. The van der Waals surface area contributed by atoms with Gasteiger partial charge in [0.15, 0.2) is 5.82 Å². The van der Waals surface area contributed by atoms with Crippen LogP contribution in [-0.2, 0) is 24.6 Å². The standard InChI is InChI=1S/C29H26ClF5N2O/c1-28(2,3)20-6-4-17(5-7-20)16-37(13-11-18-14-21(29(33,34)35)8-9-23(18)31)27(38)24-25(32)22(30)15-19-10-12-36-26(19)24/h4-10,12,14-15,36H,11,13,16H2,1-3H3. The van der Waals surface area contributed by atoms with Gasteiger partial charge in [0, 0.05) is 24.7 Å². The number of nitrogens with one attached hydrogen (secondary N) is 1. The smallest absolute Gasteiger partial charge is 0.360 e. The van der Waals surface area contributed by atoms with Crippen molar-refractivity contribution in [2.45, 2.75) is 45.3 Å². The molecule has 0 bridgehead atoms. The maximum Gasteiger partial charge on any atom is 0.416 e. The minimum absolute atomic E-state index is 0.0258. The van der Waals surface area contributed by atoms with Crippen molar-refractivity contribution in [2.24, 2.45) is 0 Å². The van der Waals surface area contributed by atoms with Crippen LogP contribution < -0.4 is 0 Å². The van der Waals surface area contributed by atoms with Crippen LogP contribution in [-0.4, -0.2) is 22.3 Å². The number of aromatic amines is 1. The van der Waals surface area contributed by atoms with E-state index >= 15 is 4.39 Å². The first-order chi connectivity index (χ1) is 17.8. The van der Waals surface area contributed by atoms with E-state index < -0.39 is 29.3 Å². The summed E-state index contributed by atoms with van der Waals surface area (Å²) >= 11 is 6.06. The number of rotatable bonds is 6. The number of carbonyl (C=O) groups excluding carboxylic acids is 1. The topological polar surface area (TPSA) is 36.1 Å². The lowest BCUT2D eigenvalue weighted by Gasteiger charge is -2.25. The minimum atomic E-state index is -4.64. The quantitative estimate of drug-likeness (QED) is 0.242. The van der Waals surface area contributed by atoms with E-state index in [4.69, 9.17) is 11.6 Å². The van der Waals surface area contributed by atoms with E-state index in [2.05, 4.69) is 25.8 Å². The summed E-state index contributed by atoms with van der Waals surface area (Å²) < 4.78 is 69.2. The maximum absolute atomic E-state index is 15.2. The number of benzene rings is 3. The number of hydrogen-bond acceptors (Lipinski definition) is 1. The van der Waals surface area contributed by atoms with Gasteiger partial charge in [0.1, 0.15) is 11.4 Å². The predicted octanol–water partition coefficient (Wildman–Crippen LogP) is 8.30. The average molecular weight is 549 g/mol. The fourth-order valence-electron chi connectivity index (χ4n) is 4.29. The SMILES string of the molecule is CC(C)(C)c1ccc(CN(CCc2cc(C(F)(F)F)ccc2F)C(=O)c2c(F)c(Cl)cc3cc[nH]c23)cc1. The molecule has 4 aromatic rings. The highest BCUT2D eigenvalue weighted by atomic mass is 35.5. The number of amides is 1. The van der Waals surface area contributed by atoms with Crippen molar-refractivity contribution < 1.29 is 26.7 Å². The van der Waals surface area contributed by atoms with Crippen LogP contribution in [0.2, 0.25) is 5.02 Å². The third-order valence-corrected chi connectivity index (χ3v) is 6.73. The van der Waals surface area contributed by atoms with Crippen LogP contribution in [0.1, 0.15) is 53.4 Å². The van der Waals surface area contributed by atoms with Crippen molar-refractivity contribution in [3.63, 3.8) is 0 Å². The highest BCUT2D eigenvalue weighted by Gasteiger charge is 2.31. The van der Waals surface area contributed by atoms with Crippen molar-refractivity contribution in [3.05, 3.63) is 105 Å². The first-order valence-corrected chi connectivity index (χ1v) is 12.3. The summed E-state index contributed by atoms with van der Waals surface area (Å²) in [6.45, 7) is 6.05. The second kappa shape index (κ2) is 10.4. The zero-order valence-corrected chi connectivity index (χ0v) is 21.8. The lowest BCUT2D eigenvalue weighted by atomic mass is 9.87. The summed E-state index contributed by atoms with van der Waals surface area (Å²) in [5, 5.41) is 0.289. The van der Waals surface area contributed by atoms with Gasteiger partial charge < -0.3 is 9.88 Å². The van der Waals surface area contributed by atoms with Crippen molar-refractivity contribution in [3.8, 4) is 0 Å². The fraction of sp³-hybridized carbons (Fsp3) is 0.276. The van der Waals surface area contributed by atoms with Crippen molar-refractivity contribution in [2.75, 3.05) is 6.54 Å². The lowest BCUT2D eigenvalue weighted by Crippen LogP contribution is -2.33. The molecule has 0 radical (unpaired) electrons. The van der Waals surface area contributed by atoms with Crippen LogP contribution >= 0.6 is 11.6 Å². The summed E-state index contributed by atoms with van der Waals surface area (Å²) in [6, 6.07) is 12.7. The molecule has 0 spiro atoms. The minimum Gasteiger partial charge on any atom is -0.360 e. The van der Waals surface area contributed by atoms with E-state index in [9.17, 15) is 22.4 Å². The zero-order chi connectivity index (χ0) is 27.8. The molecule has 1 amide bonds. The number of carbonyl (C=O) groups is 1. The molecule has 1 N–H and O–H groups in total. The van der Waals surface area contributed by atoms with E-state index in [0.717, 1.165) is 23.3 Å². The van der Waals surface area contributed by atoms with E-state index in [-0.39, 0.29) is 46.6 Å². The average Bonchev–Trinajstić information content (AvgIpc) is 3.29. The summed E-state index contributed by atoms with van der Waals surface area (Å²) in [7, 11) is 0. The number of alkyl halides is 3. The van der Waals surface area contributed by atoms with Gasteiger partial charge in [-0.2, -0.15) is 13.2 Å². The Bertz CT molecular complexity index is 1470. The molecule has 3 nitrogen and oxygen atoms in total. The van der Waals surface area contributed by atoms with Gasteiger partial charge >= 0.3 is 6.18 Å². The highest BCUT2D eigenvalue weighted by Crippen LogP contribution is 2.32. The van der Waals surface area contributed by atoms with Gasteiger partial charge in [0.25, 0.3) is 5.91 Å². The molecule has 0 saturated carbocycles. The Morgan fingerprint density at radius 3 is 2.24 bits per heavy atom. The first kappa shape index (κ1) is 27.6. The molecular weight excluding hydrogens is 523 g/mol. The molecule has 0 aliphatic carbocycles. The van der Waals surface area contributed by atoms with Crippen LogP contribution in [0.5, 0.6) is 0 Å². The van der Waals surface area contributed by atoms with Gasteiger partial charge in [-0.1, -0.05) is 56.6 Å². The molecule has 0 aliphatic rings. The largest absolute Gasteiger partial charge is 0.416 e. The second-order valence-electron chi connectivity index (χ2n) is 10.2. The molecule has 200 valence electrons. The van der Waals surface area contributed by atoms with E-state index in [1.165, 1.54) is 11.0 Å². The second-order valence-corrected chi connectivity index (χ2v) is 10.6. The van der Waals surface area contributed by atoms with Gasteiger partial charge in [-0.3, -0.25) is 4.79 Å². The Labute approximate surface area is 222 Å². The summed E-state index contributed by atoms with van der Waals surface area (Å²) in [5.41, 5.74) is 0.470. The number of fused-ring (bicyclic) bond motifs is 1. The molecule has 1 aromatic heterocycles. The summed E-state index contributed by atoms with van der Waals surface area (Å²) in [5.74, 6) is -2.45. The Kier molecular flexibility index (Phi) is 7.57. The van der Waals surface area contributed by atoms with E-state index in [1.807, 2.05) is 24.3 Å². The van der Waals surface area contributed by atoms with Gasteiger partial charge in [0.2, 0.25) is 0 Å². The molecule has 38 heavy (non-hydrogen) atoms. The lowest BCUT2D eigenvalue weighted by molar-refractivity contribution is -0.137. The van der Waals surface area contributed by atoms with E-state index in [0.29, 0.717) is 11.5 Å². The molecule has 0 saturated heterocycles. The van der Waals surface area contributed by atoms with Crippen molar-refractivity contribution >= 4 is 28.4 Å². The third kappa shape index (κ3) is 5.85. The normalized spacial score (nSPS) is 12.2. The van der Waals surface area contributed by atoms with Gasteiger partial charge in [-0.05, 0) is 58.9 Å².